The van der Waals surface area contributed by atoms with Crippen molar-refractivity contribution < 1.29 is 13.2 Å². The van der Waals surface area contributed by atoms with Crippen LogP contribution in [-0.4, -0.2) is 38.4 Å². The predicted molar refractivity (Wildman–Crippen MR) is 101 cm³/mol. The molecule has 1 aliphatic heterocycles. The van der Waals surface area contributed by atoms with Crippen molar-refractivity contribution in [1.82, 2.24) is 0 Å². The lowest BCUT2D eigenvalue weighted by atomic mass is 10.1. The van der Waals surface area contributed by atoms with E-state index in [9.17, 15) is 13.2 Å². The van der Waals surface area contributed by atoms with Crippen LogP contribution in [0.2, 0.25) is 0 Å². The van der Waals surface area contributed by atoms with E-state index in [1.54, 1.807) is 4.90 Å². The molecule has 2 aromatic rings. The molecule has 0 aliphatic carbocycles. The Morgan fingerprint density at radius 3 is 2.44 bits per heavy atom. The molecular formula is C19H22N2O3S. The lowest BCUT2D eigenvalue weighted by Gasteiger charge is -2.28. The number of para-hydroxylation sites is 2. The fourth-order valence-corrected chi connectivity index (χ4v) is 4.85. The van der Waals surface area contributed by atoms with E-state index in [4.69, 9.17) is 0 Å². The number of anilines is 2. The van der Waals surface area contributed by atoms with Crippen molar-refractivity contribution in [3.05, 3.63) is 60.2 Å². The first kappa shape index (κ1) is 17.5. The van der Waals surface area contributed by atoms with Gasteiger partial charge in [-0.2, -0.15) is 0 Å². The molecule has 1 saturated heterocycles. The van der Waals surface area contributed by atoms with E-state index in [1.165, 1.54) is 0 Å². The van der Waals surface area contributed by atoms with Gasteiger partial charge in [-0.25, -0.2) is 8.42 Å². The highest BCUT2D eigenvalue weighted by Gasteiger charge is 2.35. The standard InChI is InChI=1S/C19H22N2O3S/c1-15-7-5-6-10-18(15)20-13-19(22)21(16-8-3-2-4-9-16)17-11-12-25(23,24)14-17/h2-10,17,20H,11-14H2,1H3. The summed E-state index contributed by atoms with van der Waals surface area (Å²) in [6.07, 6.45) is 0.479. The number of nitrogens with one attached hydrogen (secondary N) is 1. The second kappa shape index (κ2) is 7.27. The van der Waals surface area contributed by atoms with Crippen molar-refractivity contribution in [2.75, 3.05) is 28.3 Å². The largest absolute Gasteiger partial charge is 0.376 e. The zero-order valence-corrected chi connectivity index (χ0v) is 15.0. The van der Waals surface area contributed by atoms with E-state index in [2.05, 4.69) is 5.32 Å². The Balaban J connectivity index is 1.79. The maximum Gasteiger partial charge on any atom is 0.246 e. The van der Waals surface area contributed by atoms with Crippen LogP contribution in [0, 0.1) is 6.92 Å². The van der Waals surface area contributed by atoms with Crippen LogP contribution in [0.25, 0.3) is 0 Å². The van der Waals surface area contributed by atoms with Crippen LogP contribution in [0.5, 0.6) is 0 Å². The SMILES string of the molecule is Cc1ccccc1NCC(=O)N(c1ccccc1)C1CCS(=O)(=O)C1. The molecule has 2 aromatic carbocycles. The molecule has 0 spiro atoms. The van der Waals surface area contributed by atoms with Crippen LogP contribution in [-0.2, 0) is 14.6 Å². The van der Waals surface area contributed by atoms with Crippen LogP contribution < -0.4 is 10.2 Å². The predicted octanol–water partition coefficient (Wildman–Crippen LogP) is 2.63. The molecule has 0 aromatic heterocycles. The van der Waals surface area contributed by atoms with Gasteiger partial charge < -0.3 is 10.2 Å². The zero-order valence-electron chi connectivity index (χ0n) is 14.2. The Morgan fingerprint density at radius 2 is 1.80 bits per heavy atom. The van der Waals surface area contributed by atoms with Gasteiger partial charge in [-0.15, -0.1) is 0 Å². The molecule has 6 heteroatoms. The van der Waals surface area contributed by atoms with Gasteiger partial charge in [-0.3, -0.25) is 4.79 Å². The van der Waals surface area contributed by atoms with Gasteiger partial charge in [0.15, 0.2) is 9.84 Å². The third kappa shape index (κ3) is 4.20. The third-order valence-electron chi connectivity index (χ3n) is 4.45. The Kier molecular flexibility index (Phi) is 5.08. The second-order valence-corrected chi connectivity index (χ2v) is 8.55. The van der Waals surface area contributed by atoms with Gasteiger partial charge >= 0.3 is 0 Å². The maximum absolute atomic E-state index is 12.9. The summed E-state index contributed by atoms with van der Waals surface area (Å²) in [6.45, 7) is 2.10. The number of nitrogens with zero attached hydrogens (tertiary/aromatic N) is 1. The van der Waals surface area contributed by atoms with E-state index >= 15 is 0 Å². The first-order chi connectivity index (χ1) is 12.0. The molecule has 1 amide bonds. The molecule has 1 N–H and O–H groups in total. The van der Waals surface area contributed by atoms with Gasteiger partial charge in [-0.1, -0.05) is 36.4 Å². The molecule has 5 nitrogen and oxygen atoms in total. The monoisotopic (exact) mass is 358 g/mol. The topological polar surface area (TPSA) is 66.5 Å². The molecule has 1 heterocycles. The number of carbonyl (C=O) groups excluding carboxylic acids is 1. The maximum atomic E-state index is 12.9. The van der Waals surface area contributed by atoms with Crippen LogP contribution in [0.3, 0.4) is 0 Å². The number of carbonyl (C=O) groups is 1. The lowest BCUT2D eigenvalue weighted by Crippen LogP contribution is -2.44. The third-order valence-corrected chi connectivity index (χ3v) is 6.20. The van der Waals surface area contributed by atoms with E-state index in [0.29, 0.717) is 6.42 Å². The molecular weight excluding hydrogens is 336 g/mol. The number of hydrogen-bond donors (Lipinski definition) is 1. The van der Waals surface area contributed by atoms with Crippen molar-refractivity contribution in [2.24, 2.45) is 0 Å². The number of amides is 1. The average Bonchev–Trinajstić information content (AvgIpc) is 2.95. The van der Waals surface area contributed by atoms with Crippen molar-refractivity contribution in [1.29, 1.82) is 0 Å². The van der Waals surface area contributed by atoms with Crippen molar-refractivity contribution in [2.45, 2.75) is 19.4 Å². The van der Waals surface area contributed by atoms with Crippen LogP contribution >= 0.6 is 0 Å². The van der Waals surface area contributed by atoms with Gasteiger partial charge in [0.1, 0.15) is 0 Å². The smallest absolute Gasteiger partial charge is 0.246 e. The summed E-state index contributed by atoms with van der Waals surface area (Å²) >= 11 is 0. The Bertz CT molecular complexity index is 850. The number of sulfone groups is 1. The fraction of sp³-hybridized carbons (Fsp3) is 0.316. The minimum Gasteiger partial charge on any atom is -0.376 e. The highest BCUT2D eigenvalue weighted by molar-refractivity contribution is 7.91. The van der Waals surface area contributed by atoms with Gasteiger partial charge in [0.2, 0.25) is 5.91 Å². The normalized spacial score (nSPS) is 18.7. The van der Waals surface area contributed by atoms with Crippen LogP contribution in [0.1, 0.15) is 12.0 Å². The Hall–Kier alpha value is -2.34. The van der Waals surface area contributed by atoms with E-state index < -0.39 is 9.84 Å². The fourth-order valence-electron chi connectivity index (χ4n) is 3.15. The molecule has 0 bridgehead atoms. The lowest BCUT2D eigenvalue weighted by molar-refractivity contribution is -0.117. The summed E-state index contributed by atoms with van der Waals surface area (Å²) in [7, 11) is -3.07. The molecule has 1 unspecified atom stereocenters. The Morgan fingerprint density at radius 1 is 1.12 bits per heavy atom. The van der Waals surface area contributed by atoms with E-state index in [1.807, 2.05) is 61.5 Å². The second-order valence-electron chi connectivity index (χ2n) is 6.32. The molecule has 3 rings (SSSR count). The zero-order chi connectivity index (χ0) is 17.9. The quantitative estimate of drug-likeness (QED) is 0.892. The van der Waals surface area contributed by atoms with Crippen LogP contribution in [0.4, 0.5) is 11.4 Å². The molecule has 0 saturated carbocycles. The molecule has 25 heavy (non-hydrogen) atoms. The Labute approximate surface area is 148 Å². The van der Waals surface area contributed by atoms with E-state index in [-0.39, 0.29) is 30.0 Å². The highest BCUT2D eigenvalue weighted by Crippen LogP contribution is 2.25. The van der Waals surface area contributed by atoms with E-state index in [0.717, 1.165) is 16.9 Å². The number of benzene rings is 2. The number of aryl methyl sites for hydroxylation is 1. The van der Waals surface area contributed by atoms with Gasteiger partial charge in [0.05, 0.1) is 24.1 Å². The van der Waals surface area contributed by atoms with Crippen molar-refractivity contribution >= 4 is 27.1 Å². The van der Waals surface area contributed by atoms with Gasteiger partial charge in [0, 0.05) is 11.4 Å². The summed E-state index contributed by atoms with van der Waals surface area (Å²) in [4.78, 5) is 14.5. The van der Waals surface area contributed by atoms with Crippen LogP contribution in [0.15, 0.2) is 54.6 Å². The molecule has 132 valence electrons. The minimum atomic E-state index is -3.07. The minimum absolute atomic E-state index is 0.0258. The van der Waals surface area contributed by atoms with Crippen molar-refractivity contribution in [3.63, 3.8) is 0 Å². The number of hydrogen-bond acceptors (Lipinski definition) is 4. The highest BCUT2D eigenvalue weighted by atomic mass is 32.2. The first-order valence-corrected chi connectivity index (χ1v) is 10.2. The average molecular weight is 358 g/mol. The summed E-state index contributed by atoms with van der Waals surface area (Å²) in [5, 5.41) is 3.17. The van der Waals surface area contributed by atoms with Gasteiger partial charge in [-0.05, 0) is 37.1 Å². The summed E-state index contributed by atoms with van der Waals surface area (Å²) in [5.74, 6) is 0.0360. The first-order valence-electron chi connectivity index (χ1n) is 8.33. The molecule has 1 atom stereocenters. The summed E-state index contributed by atoms with van der Waals surface area (Å²) in [5.41, 5.74) is 2.70. The number of rotatable bonds is 5. The molecule has 1 aliphatic rings. The molecule has 1 fully saturated rings. The van der Waals surface area contributed by atoms with Gasteiger partial charge in [0.25, 0.3) is 0 Å². The molecule has 0 radical (unpaired) electrons. The summed E-state index contributed by atoms with van der Waals surface area (Å²) < 4.78 is 23.7. The summed E-state index contributed by atoms with van der Waals surface area (Å²) in [6, 6.07) is 16.7. The van der Waals surface area contributed by atoms with Crippen molar-refractivity contribution in [3.8, 4) is 0 Å².